The molecule has 2 rings (SSSR count). The smallest absolute Gasteiger partial charge is 0.410 e. The zero-order chi connectivity index (χ0) is 11.5. The summed E-state index contributed by atoms with van der Waals surface area (Å²) in [7, 11) is 1.80. The van der Waals surface area contributed by atoms with Gasteiger partial charge in [0.25, 0.3) is 0 Å². The van der Waals surface area contributed by atoms with Crippen molar-refractivity contribution in [3.63, 3.8) is 0 Å². The number of amides is 1. The second kappa shape index (κ2) is 4.56. The van der Waals surface area contributed by atoms with E-state index in [4.69, 9.17) is 4.74 Å². The topological polar surface area (TPSA) is 29.5 Å². The first-order chi connectivity index (χ1) is 7.68. The predicted molar refractivity (Wildman–Crippen MR) is 62.4 cm³/mol. The molecule has 3 heteroatoms. The van der Waals surface area contributed by atoms with Crippen LogP contribution in [0.5, 0.6) is 5.75 Å². The Hall–Kier alpha value is -1.51. The van der Waals surface area contributed by atoms with E-state index in [9.17, 15) is 4.79 Å². The summed E-state index contributed by atoms with van der Waals surface area (Å²) in [5.74, 6) is 1.26. The molecule has 0 bridgehead atoms. The maximum Gasteiger partial charge on any atom is 0.415 e. The zero-order valence-electron chi connectivity index (χ0n) is 9.72. The summed E-state index contributed by atoms with van der Waals surface area (Å²) in [4.78, 5) is 13.5. The zero-order valence-corrected chi connectivity index (χ0v) is 9.72. The van der Waals surface area contributed by atoms with Gasteiger partial charge in [-0.05, 0) is 37.8 Å². The van der Waals surface area contributed by atoms with Crippen LogP contribution in [0, 0.1) is 5.92 Å². The normalized spacial score (nSPS) is 16.6. The highest BCUT2D eigenvalue weighted by Gasteiger charge is 2.33. The number of ether oxygens (including phenoxy) is 1. The highest BCUT2D eigenvalue weighted by atomic mass is 16.6. The number of hydrogen-bond donors (Lipinski definition) is 0. The van der Waals surface area contributed by atoms with Gasteiger partial charge in [-0.3, -0.25) is 0 Å². The van der Waals surface area contributed by atoms with E-state index in [1.54, 1.807) is 24.1 Å². The fraction of sp³-hybridized carbons (Fsp3) is 0.462. The molecule has 1 aromatic rings. The van der Waals surface area contributed by atoms with Crippen LogP contribution in [0.4, 0.5) is 4.79 Å². The fourth-order valence-corrected chi connectivity index (χ4v) is 1.72. The van der Waals surface area contributed by atoms with Crippen molar-refractivity contribution in [2.45, 2.75) is 25.8 Å². The first-order valence-electron chi connectivity index (χ1n) is 5.68. The number of benzene rings is 1. The van der Waals surface area contributed by atoms with Crippen molar-refractivity contribution in [1.82, 2.24) is 4.90 Å². The number of rotatable bonds is 3. The van der Waals surface area contributed by atoms with E-state index < -0.39 is 0 Å². The van der Waals surface area contributed by atoms with Gasteiger partial charge in [-0.15, -0.1) is 0 Å². The van der Waals surface area contributed by atoms with E-state index >= 15 is 0 Å². The van der Waals surface area contributed by atoms with Gasteiger partial charge in [0.15, 0.2) is 0 Å². The van der Waals surface area contributed by atoms with Crippen LogP contribution in [0.1, 0.15) is 19.8 Å². The molecule has 0 aromatic heterocycles. The van der Waals surface area contributed by atoms with Gasteiger partial charge in [0.05, 0.1) is 0 Å². The molecule has 1 saturated carbocycles. The van der Waals surface area contributed by atoms with Crippen LogP contribution in [0.3, 0.4) is 0 Å². The highest BCUT2D eigenvalue weighted by Crippen LogP contribution is 2.34. The molecule has 1 aromatic carbocycles. The minimum atomic E-state index is -0.273. The molecule has 1 amide bonds. The predicted octanol–water partition coefficient (Wildman–Crippen LogP) is 2.92. The molecular formula is C13H17NO2. The Balaban J connectivity index is 1.92. The number of hydrogen-bond acceptors (Lipinski definition) is 2. The Morgan fingerprint density at radius 2 is 2.00 bits per heavy atom. The molecule has 1 atom stereocenters. The van der Waals surface area contributed by atoms with E-state index in [0.29, 0.717) is 11.7 Å². The van der Waals surface area contributed by atoms with E-state index in [2.05, 4.69) is 6.92 Å². The number of nitrogens with zero attached hydrogens (tertiary/aromatic N) is 1. The molecule has 86 valence electrons. The third-order valence-electron chi connectivity index (χ3n) is 3.15. The molecule has 3 nitrogen and oxygen atoms in total. The van der Waals surface area contributed by atoms with Gasteiger partial charge < -0.3 is 9.64 Å². The van der Waals surface area contributed by atoms with Gasteiger partial charge in [0.1, 0.15) is 5.75 Å². The molecule has 1 aliphatic rings. The molecule has 16 heavy (non-hydrogen) atoms. The summed E-state index contributed by atoms with van der Waals surface area (Å²) >= 11 is 0. The van der Waals surface area contributed by atoms with Gasteiger partial charge in [0, 0.05) is 13.1 Å². The highest BCUT2D eigenvalue weighted by molar-refractivity contribution is 5.70. The summed E-state index contributed by atoms with van der Waals surface area (Å²) in [6.07, 6.45) is 2.18. The van der Waals surface area contributed by atoms with E-state index in [0.717, 1.165) is 0 Å². The summed E-state index contributed by atoms with van der Waals surface area (Å²) in [6.45, 7) is 2.07. The second-order valence-corrected chi connectivity index (χ2v) is 4.37. The molecule has 0 radical (unpaired) electrons. The summed E-state index contributed by atoms with van der Waals surface area (Å²) < 4.78 is 5.26. The second-order valence-electron chi connectivity index (χ2n) is 4.37. The molecule has 1 aliphatic carbocycles. The van der Waals surface area contributed by atoms with Gasteiger partial charge in [-0.2, -0.15) is 0 Å². The quantitative estimate of drug-likeness (QED) is 0.782. The van der Waals surface area contributed by atoms with E-state index in [-0.39, 0.29) is 12.1 Å². The first-order valence-corrected chi connectivity index (χ1v) is 5.68. The lowest BCUT2D eigenvalue weighted by atomic mass is 10.2. The Morgan fingerprint density at radius 1 is 1.38 bits per heavy atom. The van der Waals surface area contributed by atoms with Crippen LogP contribution < -0.4 is 4.74 Å². The van der Waals surface area contributed by atoms with Crippen LogP contribution >= 0.6 is 0 Å². The number of para-hydroxylation sites is 1. The van der Waals surface area contributed by atoms with Gasteiger partial charge in [0.2, 0.25) is 0 Å². The maximum atomic E-state index is 11.8. The summed E-state index contributed by atoms with van der Waals surface area (Å²) in [5, 5.41) is 0. The number of carbonyl (C=O) groups excluding carboxylic acids is 1. The van der Waals surface area contributed by atoms with Crippen LogP contribution in [-0.4, -0.2) is 24.1 Å². The average molecular weight is 219 g/mol. The minimum Gasteiger partial charge on any atom is -0.410 e. The van der Waals surface area contributed by atoms with Crippen molar-refractivity contribution in [2.75, 3.05) is 7.05 Å². The van der Waals surface area contributed by atoms with Gasteiger partial charge >= 0.3 is 6.09 Å². The molecular weight excluding hydrogens is 202 g/mol. The molecule has 0 N–H and O–H groups in total. The van der Waals surface area contributed by atoms with Crippen molar-refractivity contribution in [1.29, 1.82) is 0 Å². The average Bonchev–Trinajstić information content (AvgIpc) is 3.12. The van der Waals surface area contributed by atoms with Crippen molar-refractivity contribution in [3.8, 4) is 5.75 Å². The molecule has 1 fully saturated rings. The van der Waals surface area contributed by atoms with Crippen molar-refractivity contribution >= 4 is 6.09 Å². The maximum absolute atomic E-state index is 11.8. The molecule has 0 heterocycles. The lowest BCUT2D eigenvalue weighted by Crippen LogP contribution is -2.38. The Morgan fingerprint density at radius 3 is 2.56 bits per heavy atom. The van der Waals surface area contributed by atoms with Crippen molar-refractivity contribution < 1.29 is 9.53 Å². The standard InChI is InChI=1S/C13H17NO2/c1-10(11-8-9-11)14(2)13(15)16-12-6-4-3-5-7-12/h3-7,10-11H,8-9H2,1-2H3. The van der Waals surface area contributed by atoms with Crippen molar-refractivity contribution in [3.05, 3.63) is 30.3 Å². The summed E-state index contributed by atoms with van der Waals surface area (Å²) in [5.41, 5.74) is 0. The lowest BCUT2D eigenvalue weighted by molar-refractivity contribution is 0.143. The number of carbonyl (C=O) groups is 1. The SMILES string of the molecule is CC(C1CC1)N(C)C(=O)Oc1ccccc1. The van der Waals surface area contributed by atoms with Crippen LogP contribution in [0.25, 0.3) is 0 Å². The molecule has 0 saturated heterocycles. The van der Waals surface area contributed by atoms with Crippen molar-refractivity contribution in [2.24, 2.45) is 5.92 Å². The van der Waals surface area contributed by atoms with E-state index in [1.807, 2.05) is 18.2 Å². The van der Waals surface area contributed by atoms with Gasteiger partial charge in [-0.25, -0.2) is 4.79 Å². The van der Waals surface area contributed by atoms with Crippen LogP contribution in [0.2, 0.25) is 0 Å². The Bertz CT molecular complexity index is 359. The fourth-order valence-electron chi connectivity index (χ4n) is 1.72. The first kappa shape index (κ1) is 11.0. The third-order valence-corrected chi connectivity index (χ3v) is 3.15. The monoisotopic (exact) mass is 219 g/mol. The molecule has 0 spiro atoms. The van der Waals surface area contributed by atoms with Gasteiger partial charge in [-0.1, -0.05) is 18.2 Å². The Kier molecular flexibility index (Phi) is 3.13. The Labute approximate surface area is 96.0 Å². The van der Waals surface area contributed by atoms with E-state index in [1.165, 1.54) is 12.8 Å². The lowest BCUT2D eigenvalue weighted by Gasteiger charge is -2.23. The van der Waals surface area contributed by atoms with Crippen LogP contribution in [0.15, 0.2) is 30.3 Å². The van der Waals surface area contributed by atoms with Crippen LogP contribution in [-0.2, 0) is 0 Å². The molecule has 0 aliphatic heterocycles. The molecule has 1 unspecified atom stereocenters. The minimum absolute atomic E-state index is 0.273. The third kappa shape index (κ3) is 2.54. The largest absolute Gasteiger partial charge is 0.415 e. The summed E-state index contributed by atoms with van der Waals surface area (Å²) in [6, 6.07) is 9.45.